The summed E-state index contributed by atoms with van der Waals surface area (Å²) in [4.78, 5) is 4.31. The third kappa shape index (κ3) is 2.96. The van der Waals surface area contributed by atoms with Crippen LogP contribution in [0.15, 0.2) is 18.2 Å². The van der Waals surface area contributed by atoms with Gasteiger partial charge in [0.25, 0.3) is 0 Å². The van der Waals surface area contributed by atoms with Crippen LogP contribution in [0.4, 0.5) is 0 Å². The maximum Gasteiger partial charge on any atom is 0.147 e. The van der Waals surface area contributed by atoms with E-state index in [9.17, 15) is 5.11 Å². The van der Waals surface area contributed by atoms with Crippen molar-refractivity contribution in [2.24, 2.45) is 0 Å². The maximum absolute atomic E-state index is 10.7. The lowest BCUT2D eigenvalue weighted by Gasteiger charge is -2.19. The minimum atomic E-state index is -0.544. The van der Waals surface area contributed by atoms with Gasteiger partial charge in [0.1, 0.15) is 11.6 Å². The summed E-state index contributed by atoms with van der Waals surface area (Å²) in [6.07, 6.45) is 4.01. The van der Waals surface area contributed by atoms with E-state index in [0.29, 0.717) is 13.1 Å². The van der Waals surface area contributed by atoms with Gasteiger partial charge in [-0.2, -0.15) is 5.10 Å². The first-order valence-electron chi connectivity index (χ1n) is 8.89. The summed E-state index contributed by atoms with van der Waals surface area (Å²) >= 11 is 6.52. The predicted molar refractivity (Wildman–Crippen MR) is 99.1 cm³/mol. The van der Waals surface area contributed by atoms with Crippen molar-refractivity contribution in [3.63, 3.8) is 0 Å². The standard InChI is InChI=1S/C19H23ClN4O/c1-12-21-13(2)24(22-12)11-14(25)10-23-18-9-4-3-6-15(18)16-7-5-8-17(20)19(16)23/h5,7-8,14,25H,3-4,6,9-11H2,1-2H3. The van der Waals surface area contributed by atoms with Gasteiger partial charge in [-0.25, -0.2) is 9.67 Å². The van der Waals surface area contributed by atoms with Crippen molar-refractivity contribution < 1.29 is 5.11 Å². The molecule has 0 saturated heterocycles. The Balaban J connectivity index is 1.70. The van der Waals surface area contributed by atoms with Crippen molar-refractivity contribution in [2.45, 2.75) is 58.7 Å². The van der Waals surface area contributed by atoms with Crippen LogP contribution in [0.25, 0.3) is 10.9 Å². The largest absolute Gasteiger partial charge is 0.389 e. The highest BCUT2D eigenvalue weighted by Gasteiger charge is 2.23. The fourth-order valence-electron chi connectivity index (χ4n) is 4.05. The van der Waals surface area contributed by atoms with E-state index in [1.165, 1.54) is 29.5 Å². The minimum Gasteiger partial charge on any atom is -0.389 e. The summed E-state index contributed by atoms with van der Waals surface area (Å²) in [5.41, 5.74) is 3.80. The van der Waals surface area contributed by atoms with Crippen molar-refractivity contribution in [3.05, 3.63) is 46.1 Å². The number of halogens is 1. The Morgan fingerprint density at radius 2 is 2.00 bits per heavy atom. The van der Waals surface area contributed by atoms with E-state index < -0.39 is 6.10 Å². The molecule has 0 radical (unpaired) electrons. The number of aryl methyl sites for hydroxylation is 3. The predicted octanol–water partition coefficient (Wildman–Crippen LogP) is 3.44. The first kappa shape index (κ1) is 16.6. The Hall–Kier alpha value is -1.85. The van der Waals surface area contributed by atoms with Gasteiger partial charge in [0, 0.05) is 11.1 Å². The second-order valence-electron chi connectivity index (χ2n) is 6.92. The van der Waals surface area contributed by atoms with Gasteiger partial charge in [0.2, 0.25) is 0 Å². The Morgan fingerprint density at radius 1 is 1.20 bits per heavy atom. The van der Waals surface area contributed by atoms with Crippen LogP contribution >= 0.6 is 11.6 Å². The van der Waals surface area contributed by atoms with Crippen LogP contribution in [0.1, 0.15) is 35.7 Å². The van der Waals surface area contributed by atoms with Crippen LogP contribution in [0, 0.1) is 13.8 Å². The lowest BCUT2D eigenvalue weighted by Crippen LogP contribution is -2.25. The molecule has 132 valence electrons. The molecule has 1 aromatic carbocycles. The quantitative estimate of drug-likeness (QED) is 0.777. The third-order valence-electron chi connectivity index (χ3n) is 5.09. The third-order valence-corrected chi connectivity index (χ3v) is 5.39. The van der Waals surface area contributed by atoms with Crippen LogP contribution in [0.3, 0.4) is 0 Å². The smallest absolute Gasteiger partial charge is 0.147 e. The molecule has 1 aliphatic carbocycles. The van der Waals surface area contributed by atoms with Crippen molar-refractivity contribution in [1.29, 1.82) is 0 Å². The van der Waals surface area contributed by atoms with Gasteiger partial charge in [0.05, 0.1) is 29.7 Å². The van der Waals surface area contributed by atoms with Crippen molar-refractivity contribution in [1.82, 2.24) is 19.3 Å². The second-order valence-corrected chi connectivity index (χ2v) is 7.33. The van der Waals surface area contributed by atoms with Gasteiger partial charge < -0.3 is 9.67 Å². The number of para-hydroxylation sites is 1. The number of nitrogens with zero attached hydrogens (tertiary/aromatic N) is 4. The molecule has 5 nitrogen and oxygen atoms in total. The molecule has 1 atom stereocenters. The van der Waals surface area contributed by atoms with Gasteiger partial charge in [0.15, 0.2) is 0 Å². The normalized spacial score (nSPS) is 15.5. The average molecular weight is 359 g/mol. The summed E-state index contributed by atoms with van der Waals surface area (Å²) in [5, 5.41) is 17.1. The molecular formula is C19H23ClN4O. The molecule has 0 spiro atoms. The molecule has 1 N–H and O–H groups in total. The molecule has 6 heteroatoms. The number of hydrogen-bond acceptors (Lipinski definition) is 3. The Bertz CT molecular complexity index is 927. The van der Waals surface area contributed by atoms with Crippen LogP contribution < -0.4 is 0 Å². The van der Waals surface area contributed by atoms with Gasteiger partial charge in [-0.1, -0.05) is 23.7 Å². The first-order valence-corrected chi connectivity index (χ1v) is 9.27. The average Bonchev–Trinajstić information content (AvgIpc) is 3.06. The van der Waals surface area contributed by atoms with Crippen molar-refractivity contribution >= 4 is 22.5 Å². The number of hydrogen-bond donors (Lipinski definition) is 1. The topological polar surface area (TPSA) is 55.9 Å². The molecular weight excluding hydrogens is 336 g/mol. The minimum absolute atomic E-state index is 0.436. The molecule has 0 amide bonds. The Morgan fingerprint density at radius 3 is 2.76 bits per heavy atom. The highest BCUT2D eigenvalue weighted by molar-refractivity contribution is 6.35. The summed E-state index contributed by atoms with van der Waals surface area (Å²) in [6, 6.07) is 6.10. The Kier molecular flexibility index (Phi) is 4.29. The summed E-state index contributed by atoms with van der Waals surface area (Å²) in [7, 11) is 0. The highest BCUT2D eigenvalue weighted by Crippen LogP contribution is 2.35. The maximum atomic E-state index is 10.7. The lowest BCUT2D eigenvalue weighted by atomic mass is 9.95. The van der Waals surface area contributed by atoms with Crippen LogP contribution in [-0.2, 0) is 25.9 Å². The zero-order chi connectivity index (χ0) is 17.6. The van der Waals surface area contributed by atoms with E-state index in [4.69, 9.17) is 11.6 Å². The summed E-state index contributed by atoms with van der Waals surface area (Å²) in [6.45, 7) is 4.74. The Labute approximate surface area is 152 Å². The van der Waals surface area contributed by atoms with Crippen molar-refractivity contribution in [2.75, 3.05) is 0 Å². The number of aromatic nitrogens is 4. The monoisotopic (exact) mass is 358 g/mol. The van der Waals surface area contributed by atoms with Gasteiger partial charge >= 0.3 is 0 Å². The molecule has 0 bridgehead atoms. The first-order chi connectivity index (χ1) is 12.0. The van der Waals surface area contributed by atoms with Gasteiger partial charge in [-0.3, -0.25) is 0 Å². The highest BCUT2D eigenvalue weighted by atomic mass is 35.5. The number of benzene rings is 1. The molecule has 0 saturated carbocycles. The molecule has 1 aliphatic rings. The summed E-state index contributed by atoms with van der Waals surface area (Å²) in [5.74, 6) is 1.56. The molecule has 2 heterocycles. The van der Waals surface area contributed by atoms with Crippen LogP contribution in [0.2, 0.25) is 5.02 Å². The second kappa shape index (κ2) is 6.46. The van der Waals surface area contributed by atoms with Crippen LogP contribution in [0.5, 0.6) is 0 Å². The van der Waals surface area contributed by atoms with Gasteiger partial charge in [-0.15, -0.1) is 0 Å². The van der Waals surface area contributed by atoms with E-state index in [2.05, 4.69) is 20.7 Å². The number of fused-ring (bicyclic) bond motifs is 3. The molecule has 0 fully saturated rings. The van der Waals surface area contributed by atoms with Crippen LogP contribution in [-0.4, -0.2) is 30.5 Å². The van der Waals surface area contributed by atoms with Crippen molar-refractivity contribution in [3.8, 4) is 0 Å². The molecule has 25 heavy (non-hydrogen) atoms. The molecule has 1 unspecified atom stereocenters. The summed E-state index contributed by atoms with van der Waals surface area (Å²) < 4.78 is 4.01. The zero-order valence-electron chi connectivity index (χ0n) is 14.7. The zero-order valence-corrected chi connectivity index (χ0v) is 15.4. The number of aliphatic hydroxyl groups is 1. The SMILES string of the molecule is Cc1nc(C)n(CC(O)Cn2c3c(c4cccc(Cl)c42)CCCC3)n1. The number of rotatable bonds is 4. The van der Waals surface area contributed by atoms with E-state index in [-0.39, 0.29) is 0 Å². The molecule has 4 rings (SSSR count). The number of aliphatic hydroxyl groups excluding tert-OH is 1. The fourth-order valence-corrected chi connectivity index (χ4v) is 4.33. The molecule has 2 aromatic heterocycles. The van der Waals surface area contributed by atoms with Gasteiger partial charge in [-0.05, 0) is 51.2 Å². The lowest BCUT2D eigenvalue weighted by molar-refractivity contribution is 0.129. The molecule has 0 aliphatic heterocycles. The van der Waals surface area contributed by atoms with E-state index in [1.54, 1.807) is 4.68 Å². The van der Waals surface area contributed by atoms with E-state index >= 15 is 0 Å². The van der Waals surface area contributed by atoms with E-state index in [0.717, 1.165) is 35.0 Å². The fraction of sp³-hybridized carbons (Fsp3) is 0.474. The van der Waals surface area contributed by atoms with E-state index in [1.807, 2.05) is 26.0 Å². The molecule has 3 aromatic rings.